The average molecular weight is 315 g/mol. The summed E-state index contributed by atoms with van der Waals surface area (Å²) in [5.74, 6) is 0. The molecule has 0 saturated carbocycles. The fraction of sp³-hybridized carbons (Fsp3) is 1.00. The zero-order valence-electron chi connectivity index (χ0n) is 17.2. The van der Waals surface area contributed by atoms with Crippen molar-refractivity contribution in [1.82, 2.24) is 0 Å². The molecule has 22 heavy (non-hydrogen) atoms. The van der Waals surface area contributed by atoms with E-state index in [4.69, 9.17) is 0 Å². The van der Waals surface area contributed by atoms with Gasteiger partial charge >= 0.3 is 0 Å². The van der Waals surface area contributed by atoms with Crippen LogP contribution in [0.1, 0.15) is 72.1 Å². The van der Waals surface area contributed by atoms with Crippen LogP contribution in [0.4, 0.5) is 0 Å². The summed E-state index contributed by atoms with van der Waals surface area (Å²) in [4.78, 5) is 0. The Labute approximate surface area is 142 Å². The number of hydrogen-bond donors (Lipinski definition) is 0. The van der Waals surface area contributed by atoms with Crippen LogP contribution < -0.4 is 0 Å². The maximum atomic E-state index is 2.41. The third-order valence-corrected chi connectivity index (χ3v) is 4.53. The average Bonchev–Trinajstić information content (AvgIpc) is 2.30. The number of rotatable bonds is 12. The van der Waals surface area contributed by atoms with E-state index in [0.29, 0.717) is 5.41 Å². The van der Waals surface area contributed by atoms with Gasteiger partial charge in [0.25, 0.3) is 0 Å². The number of hydrogen-bond acceptors (Lipinski definition) is 0. The summed E-state index contributed by atoms with van der Waals surface area (Å²) in [7, 11) is 11.7. The molecule has 0 N–H and O–H groups in total. The van der Waals surface area contributed by atoms with Crippen LogP contribution in [-0.4, -0.2) is 63.8 Å². The molecule has 0 unspecified atom stereocenters. The van der Waals surface area contributed by atoms with Crippen molar-refractivity contribution in [1.29, 1.82) is 0 Å². The van der Waals surface area contributed by atoms with Crippen molar-refractivity contribution in [2.45, 2.75) is 72.1 Å². The van der Waals surface area contributed by atoms with Gasteiger partial charge in [-0.3, -0.25) is 0 Å². The van der Waals surface area contributed by atoms with E-state index in [1.54, 1.807) is 0 Å². The number of nitrogens with zero attached hydrogens (tertiary/aromatic N) is 2. The zero-order valence-corrected chi connectivity index (χ0v) is 17.2. The lowest BCUT2D eigenvalue weighted by molar-refractivity contribution is -0.890. The van der Waals surface area contributed by atoms with Gasteiger partial charge in [-0.15, -0.1) is 0 Å². The molecule has 0 aliphatic carbocycles. The predicted molar refractivity (Wildman–Crippen MR) is 101 cm³/mol. The third-order valence-electron chi connectivity index (χ3n) is 4.53. The number of unbranched alkanes of at least 4 members (excludes halogenated alkanes) is 5. The molecule has 0 spiro atoms. The fourth-order valence-electron chi connectivity index (χ4n) is 2.96. The minimum Gasteiger partial charge on any atom is -0.331 e. The molecule has 0 saturated heterocycles. The quantitative estimate of drug-likeness (QED) is 0.354. The Morgan fingerprint density at radius 3 is 1.36 bits per heavy atom. The Morgan fingerprint density at radius 2 is 0.955 bits per heavy atom. The molecule has 0 radical (unpaired) electrons. The second-order valence-electron chi connectivity index (χ2n) is 10.2. The smallest absolute Gasteiger partial charge is 0.0782 e. The molecule has 0 rings (SSSR count). The van der Waals surface area contributed by atoms with E-state index in [2.05, 4.69) is 56.0 Å². The first-order chi connectivity index (χ1) is 9.91. The third kappa shape index (κ3) is 16.3. The number of quaternary nitrogens is 2. The Morgan fingerprint density at radius 1 is 0.545 bits per heavy atom. The van der Waals surface area contributed by atoms with Crippen LogP contribution in [-0.2, 0) is 0 Å². The van der Waals surface area contributed by atoms with Gasteiger partial charge in [-0.2, -0.15) is 0 Å². The van der Waals surface area contributed by atoms with Gasteiger partial charge in [0, 0.05) is 0 Å². The van der Waals surface area contributed by atoms with Crippen molar-refractivity contribution in [2.75, 3.05) is 54.9 Å². The van der Waals surface area contributed by atoms with Crippen molar-refractivity contribution < 1.29 is 8.97 Å². The summed E-state index contributed by atoms with van der Waals surface area (Å²) in [5, 5.41) is 0. The van der Waals surface area contributed by atoms with Crippen LogP contribution in [0.2, 0.25) is 0 Å². The minimum atomic E-state index is 0.510. The van der Waals surface area contributed by atoms with Crippen LogP contribution >= 0.6 is 0 Å². The molecule has 0 atom stereocenters. The molecule has 2 heteroatoms. The highest BCUT2D eigenvalue weighted by molar-refractivity contribution is 4.60. The van der Waals surface area contributed by atoms with E-state index in [9.17, 15) is 0 Å². The van der Waals surface area contributed by atoms with E-state index < -0.39 is 0 Å². The predicted octanol–water partition coefficient (Wildman–Crippen LogP) is 4.94. The summed E-state index contributed by atoms with van der Waals surface area (Å²) in [6, 6.07) is 0. The fourth-order valence-corrected chi connectivity index (χ4v) is 2.96. The molecular weight excluding hydrogens is 268 g/mol. The second-order valence-corrected chi connectivity index (χ2v) is 10.2. The van der Waals surface area contributed by atoms with E-state index in [1.165, 1.54) is 75.5 Å². The first kappa shape index (κ1) is 21.9. The van der Waals surface area contributed by atoms with Crippen molar-refractivity contribution >= 4 is 0 Å². The lowest BCUT2D eigenvalue weighted by Gasteiger charge is -2.30. The SMILES string of the molecule is CC(C)(C)CCCCC[N+](C)(C)CCCCCC[N+](C)(C)C. The monoisotopic (exact) mass is 314 g/mol. The molecule has 2 nitrogen and oxygen atoms in total. The first-order valence-electron chi connectivity index (χ1n) is 9.54. The summed E-state index contributed by atoms with van der Waals surface area (Å²) >= 11 is 0. The Bertz CT molecular complexity index is 268. The van der Waals surface area contributed by atoms with E-state index in [-0.39, 0.29) is 0 Å². The normalized spacial score (nSPS) is 13.6. The summed E-state index contributed by atoms with van der Waals surface area (Å²) in [6.45, 7) is 11.1. The largest absolute Gasteiger partial charge is 0.331 e. The molecule has 0 fully saturated rings. The lowest BCUT2D eigenvalue weighted by atomic mass is 9.89. The molecule has 134 valence electrons. The van der Waals surface area contributed by atoms with Gasteiger partial charge in [-0.05, 0) is 50.4 Å². The molecule has 0 aliphatic rings. The molecule has 0 bridgehead atoms. The minimum absolute atomic E-state index is 0.510. The standard InChI is InChI=1S/C20H46N2/c1-20(2,3)16-12-11-15-19-22(7,8)18-14-10-9-13-17-21(4,5)6/h9-19H2,1-8H3/q+2. The molecule has 0 heterocycles. The topological polar surface area (TPSA) is 0 Å². The van der Waals surface area contributed by atoms with Crippen LogP contribution in [0.5, 0.6) is 0 Å². The molecule has 0 aromatic heterocycles. The Hall–Kier alpha value is -0.0800. The first-order valence-corrected chi connectivity index (χ1v) is 9.54. The van der Waals surface area contributed by atoms with Crippen LogP contribution in [0, 0.1) is 5.41 Å². The van der Waals surface area contributed by atoms with Gasteiger partial charge in [0.05, 0.1) is 54.9 Å². The highest BCUT2D eigenvalue weighted by atomic mass is 15.3. The highest BCUT2D eigenvalue weighted by Crippen LogP contribution is 2.22. The van der Waals surface area contributed by atoms with Gasteiger partial charge < -0.3 is 8.97 Å². The van der Waals surface area contributed by atoms with Gasteiger partial charge in [0.1, 0.15) is 0 Å². The summed E-state index contributed by atoms with van der Waals surface area (Å²) in [6.07, 6.45) is 11.1. The Balaban J connectivity index is 3.57. The summed E-state index contributed by atoms with van der Waals surface area (Å²) < 4.78 is 2.32. The molecular formula is C20H46N2+2. The van der Waals surface area contributed by atoms with Crippen LogP contribution in [0.3, 0.4) is 0 Å². The van der Waals surface area contributed by atoms with Crippen LogP contribution in [0.25, 0.3) is 0 Å². The van der Waals surface area contributed by atoms with Gasteiger partial charge in [0.2, 0.25) is 0 Å². The second kappa shape index (κ2) is 9.93. The highest BCUT2D eigenvalue weighted by Gasteiger charge is 2.15. The van der Waals surface area contributed by atoms with Crippen molar-refractivity contribution in [3.8, 4) is 0 Å². The lowest BCUT2D eigenvalue weighted by Crippen LogP contribution is -2.41. The van der Waals surface area contributed by atoms with Crippen LogP contribution in [0.15, 0.2) is 0 Å². The zero-order chi connectivity index (χ0) is 17.3. The van der Waals surface area contributed by atoms with Crippen molar-refractivity contribution in [3.05, 3.63) is 0 Å². The van der Waals surface area contributed by atoms with Gasteiger partial charge in [-0.1, -0.05) is 27.2 Å². The molecule has 0 aromatic rings. The molecule has 0 aliphatic heterocycles. The van der Waals surface area contributed by atoms with Gasteiger partial charge in [0.15, 0.2) is 0 Å². The van der Waals surface area contributed by atoms with Crippen molar-refractivity contribution in [2.24, 2.45) is 5.41 Å². The van der Waals surface area contributed by atoms with Gasteiger partial charge in [-0.25, -0.2) is 0 Å². The maximum absolute atomic E-state index is 2.41. The Kier molecular flexibility index (Phi) is 9.89. The van der Waals surface area contributed by atoms with E-state index in [1.807, 2.05) is 0 Å². The molecule has 0 amide bonds. The maximum Gasteiger partial charge on any atom is 0.0782 e. The summed E-state index contributed by atoms with van der Waals surface area (Å²) in [5.41, 5.74) is 0.510. The van der Waals surface area contributed by atoms with E-state index >= 15 is 0 Å². The molecule has 0 aromatic carbocycles. The van der Waals surface area contributed by atoms with Crippen molar-refractivity contribution in [3.63, 3.8) is 0 Å². The van der Waals surface area contributed by atoms with E-state index in [0.717, 1.165) is 4.48 Å².